The Bertz CT molecular complexity index is 360. The summed E-state index contributed by atoms with van der Waals surface area (Å²) in [6.45, 7) is 0. The molecule has 1 rings (SSSR count). The molecule has 84 valence electrons. The van der Waals surface area contributed by atoms with Crippen molar-refractivity contribution < 1.29 is 23.3 Å². The second kappa shape index (κ2) is 4.33. The summed E-state index contributed by atoms with van der Waals surface area (Å²) in [5.74, 6) is 0.240. The average molecular weight is 231 g/mol. The van der Waals surface area contributed by atoms with E-state index in [1.807, 2.05) is 0 Å². The molecule has 5 nitrogen and oxygen atoms in total. The maximum atomic E-state index is 11.4. The molecule has 0 N–H and O–H groups in total. The molecule has 1 unspecified atom stereocenters. The standard InChI is InChI=1S/C9H14NO4P/c1-10(2,3)14-15(11,12)13-9-7-5-4-6-8-9/h4-8H,1-3H3. The molecule has 0 spiro atoms. The fourth-order valence-electron chi connectivity index (χ4n) is 0.927. The zero-order chi connectivity index (χ0) is 11.5. The molecule has 0 saturated heterocycles. The van der Waals surface area contributed by atoms with Gasteiger partial charge < -0.3 is 9.42 Å². The van der Waals surface area contributed by atoms with E-state index in [9.17, 15) is 9.46 Å². The van der Waals surface area contributed by atoms with E-state index in [0.717, 1.165) is 0 Å². The van der Waals surface area contributed by atoms with Gasteiger partial charge in [0, 0.05) is 0 Å². The Balaban J connectivity index is 2.69. The molecule has 1 aromatic carbocycles. The Hall–Kier alpha value is -0.870. The van der Waals surface area contributed by atoms with Crippen LogP contribution < -0.4 is 9.42 Å². The zero-order valence-corrected chi connectivity index (χ0v) is 9.81. The van der Waals surface area contributed by atoms with Crippen LogP contribution in [-0.2, 0) is 9.19 Å². The summed E-state index contributed by atoms with van der Waals surface area (Å²) in [5, 5.41) is 0. The van der Waals surface area contributed by atoms with Crippen LogP contribution in [0.3, 0.4) is 0 Å². The van der Waals surface area contributed by atoms with Gasteiger partial charge in [0.1, 0.15) is 5.75 Å². The van der Waals surface area contributed by atoms with Gasteiger partial charge in [0.05, 0.1) is 21.1 Å². The quantitative estimate of drug-likeness (QED) is 0.443. The van der Waals surface area contributed by atoms with E-state index in [0.29, 0.717) is 0 Å². The molecule has 0 amide bonds. The second-order valence-corrected chi connectivity index (χ2v) is 5.06. The maximum absolute atomic E-state index is 11.4. The smallest absolute Gasteiger partial charge is 0.373 e. The highest BCUT2D eigenvalue weighted by Gasteiger charge is 2.22. The van der Waals surface area contributed by atoms with Gasteiger partial charge in [-0.25, -0.2) is 0 Å². The summed E-state index contributed by atoms with van der Waals surface area (Å²) < 4.78 is 20.7. The highest BCUT2D eigenvalue weighted by atomic mass is 31.2. The third kappa shape index (κ3) is 4.95. The number of phosphoric acid groups is 1. The van der Waals surface area contributed by atoms with Gasteiger partial charge in [-0.2, -0.15) is 4.65 Å². The van der Waals surface area contributed by atoms with Crippen molar-refractivity contribution in [2.24, 2.45) is 0 Å². The SMILES string of the molecule is C[N+](C)(C)OP(=O)([O-])Oc1ccccc1. The molecular formula is C9H14NO4P. The number of para-hydroxylation sites is 1. The number of nitrogens with zero attached hydrogens (tertiary/aromatic N) is 1. The van der Waals surface area contributed by atoms with E-state index in [1.54, 1.807) is 51.5 Å². The highest BCUT2D eigenvalue weighted by Crippen LogP contribution is 2.41. The maximum Gasteiger partial charge on any atom is 0.373 e. The lowest BCUT2D eigenvalue weighted by atomic mass is 10.3. The van der Waals surface area contributed by atoms with Crippen LogP contribution in [0.2, 0.25) is 0 Å². The zero-order valence-electron chi connectivity index (χ0n) is 8.91. The van der Waals surface area contributed by atoms with Crippen molar-refractivity contribution in [3.8, 4) is 5.75 Å². The van der Waals surface area contributed by atoms with Gasteiger partial charge in [-0.3, -0.25) is 4.57 Å². The van der Waals surface area contributed by atoms with E-state index in [-0.39, 0.29) is 10.4 Å². The van der Waals surface area contributed by atoms with E-state index in [1.165, 1.54) is 0 Å². The Morgan fingerprint density at radius 3 is 2.20 bits per heavy atom. The Morgan fingerprint density at radius 1 is 1.20 bits per heavy atom. The molecule has 0 heterocycles. The van der Waals surface area contributed by atoms with Crippen molar-refractivity contribution in [1.82, 2.24) is 0 Å². The fourth-order valence-corrected chi connectivity index (χ4v) is 1.94. The Labute approximate surface area is 89.0 Å². The first-order valence-electron chi connectivity index (χ1n) is 4.37. The predicted molar refractivity (Wildman–Crippen MR) is 53.8 cm³/mol. The lowest BCUT2D eigenvalue weighted by molar-refractivity contribution is -1.04. The van der Waals surface area contributed by atoms with Crippen LogP contribution in [0.4, 0.5) is 0 Å². The first kappa shape index (κ1) is 12.2. The molecular weight excluding hydrogens is 217 g/mol. The van der Waals surface area contributed by atoms with Gasteiger partial charge in [-0.05, 0) is 12.1 Å². The fraction of sp³-hybridized carbons (Fsp3) is 0.333. The van der Waals surface area contributed by atoms with Gasteiger partial charge in [-0.15, -0.1) is 4.62 Å². The van der Waals surface area contributed by atoms with Crippen LogP contribution in [0, 0.1) is 0 Å². The Morgan fingerprint density at radius 2 is 1.73 bits per heavy atom. The molecule has 0 saturated carbocycles. The minimum atomic E-state index is -4.31. The average Bonchev–Trinajstić information content (AvgIpc) is 1.99. The van der Waals surface area contributed by atoms with Crippen molar-refractivity contribution >= 4 is 7.82 Å². The van der Waals surface area contributed by atoms with E-state index < -0.39 is 7.82 Å². The number of hydroxylamine groups is 3. The lowest BCUT2D eigenvalue weighted by Gasteiger charge is -2.29. The van der Waals surface area contributed by atoms with Gasteiger partial charge in [-0.1, -0.05) is 18.2 Å². The molecule has 6 heteroatoms. The van der Waals surface area contributed by atoms with Crippen LogP contribution >= 0.6 is 7.82 Å². The third-order valence-electron chi connectivity index (χ3n) is 1.31. The molecule has 1 aromatic rings. The van der Waals surface area contributed by atoms with Gasteiger partial charge in [0.15, 0.2) is 0 Å². The largest absolute Gasteiger partial charge is 0.742 e. The Kier molecular flexibility index (Phi) is 3.52. The van der Waals surface area contributed by atoms with Crippen molar-refractivity contribution in [2.75, 3.05) is 21.1 Å². The summed E-state index contributed by atoms with van der Waals surface area (Å²) in [6.07, 6.45) is 0. The summed E-state index contributed by atoms with van der Waals surface area (Å²) >= 11 is 0. The summed E-state index contributed by atoms with van der Waals surface area (Å²) in [5.41, 5.74) is 0. The van der Waals surface area contributed by atoms with Gasteiger partial charge in [0.25, 0.3) is 0 Å². The first-order valence-corrected chi connectivity index (χ1v) is 5.83. The normalized spacial score (nSPS) is 15.7. The van der Waals surface area contributed by atoms with Crippen molar-refractivity contribution in [1.29, 1.82) is 0 Å². The van der Waals surface area contributed by atoms with Crippen LogP contribution in [0.1, 0.15) is 0 Å². The minimum absolute atomic E-state index is 0.173. The minimum Gasteiger partial charge on any atom is -0.742 e. The number of rotatable bonds is 4. The number of hydrogen-bond acceptors (Lipinski definition) is 4. The molecule has 0 aliphatic carbocycles. The van der Waals surface area contributed by atoms with Crippen LogP contribution in [0.25, 0.3) is 0 Å². The molecule has 0 radical (unpaired) electrons. The number of quaternary nitrogens is 1. The predicted octanol–water partition coefficient (Wildman–Crippen LogP) is 1.17. The second-order valence-electron chi connectivity index (χ2n) is 3.82. The summed E-state index contributed by atoms with van der Waals surface area (Å²) in [6, 6.07) is 8.22. The third-order valence-corrected chi connectivity index (χ3v) is 2.43. The number of hydrogen-bond donors (Lipinski definition) is 0. The lowest BCUT2D eigenvalue weighted by Crippen LogP contribution is -2.35. The van der Waals surface area contributed by atoms with Gasteiger partial charge >= 0.3 is 7.82 Å². The van der Waals surface area contributed by atoms with E-state index in [2.05, 4.69) is 0 Å². The van der Waals surface area contributed by atoms with Crippen molar-refractivity contribution in [2.45, 2.75) is 0 Å². The number of phosphoric ester groups is 1. The molecule has 15 heavy (non-hydrogen) atoms. The van der Waals surface area contributed by atoms with Crippen LogP contribution in [0.15, 0.2) is 30.3 Å². The summed E-state index contributed by atoms with van der Waals surface area (Å²) in [7, 11) is 0.433. The van der Waals surface area contributed by atoms with E-state index in [4.69, 9.17) is 9.15 Å². The van der Waals surface area contributed by atoms with Crippen LogP contribution in [-0.4, -0.2) is 25.8 Å². The monoisotopic (exact) mass is 231 g/mol. The molecule has 0 aliphatic heterocycles. The molecule has 0 aromatic heterocycles. The van der Waals surface area contributed by atoms with Gasteiger partial charge in [0.2, 0.25) is 0 Å². The van der Waals surface area contributed by atoms with Crippen molar-refractivity contribution in [3.05, 3.63) is 30.3 Å². The summed E-state index contributed by atoms with van der Waals surface area (Å²) in [4.78, 5) is 11.4. The molecule has 1 atom stereocenters. The molecule has 0 bridgehead atoms. The highest BCUT2D eigenvalue weighted by molar-refractivity contribution is 7.46. The molecule has 0 aliphatic rings. The number of benzene rings is 1. The van der Waals surface area contributed by atoms with Crippen LogP contribution in [0.5, 0.6) is 5.75 Å². The first-order chi connectivity index (χ1) is 6.79. The van der Waals surface area contributed by atoms with E-state index >= 15 is 0 Å². The topological polar surface area (TPSA) is 58.6 Å². The van der Waals surface area contributed by atoms with Crippen molar-refractivity contribution in [3.63, 3.8) is 0 Å². The molecule has 0 fully saturated rings.